The van der Waals surface area contributed by atoms with Crippen molar-refractivity contribution in [1.29, 1.82) is 0 Å². The van der Waals surface area contributed by atoms with Crippen LogP contribution in [-0.4, -0.2) is 0 Å². The van der Waals surface area contributed by atoms with Crippen LogP contribution in [-0.2, 0) is 0 Å². The van der Waals surface area contributed by atoms with Crippen molar-refractivity contribution in [2.45, 2.75) is 47.0 Å². The summed E-state index contributed by atoms with van der Waals surface area (Å²) in [7, 11) is 0. The van der Waals surface area contributed by atoms with Crippen LogP contribution in [0.1, 0.15) is 47.0 Å². The summed E-state index contributed by atoms with van der Waals surface area (Å²) in [5, 5.41) is 0. The molecule has 0 heterocycles. The maximum Gasteiger partial charge on any atom is 0.000642 e. The van der Waals surface area contributed by atoms with Crippen molar-refractivity contribution in [3.05, 3.63) is 24.3 Å². The van der Waals surface area contributed by atoms with E-state index in [9.17, 15) is 0 Å². The maximum absolute atomic E-state index is 4.32. The van der Waals surface area contributed by atoms with Gasteiger partial charge in [0, 0.05) is 5.41 Å². The Kier molecular flexibility index (Phi) is 2.19. The zero-order chi connectivity index (χ0) is 11.4. The van der Waals surface area contributed by atoms with E-state index in [1.165, 1.54) is 30.4 Å². The zero-order valence-electron chi connectivity index (χ0n) is 10.7. The SMILES string of the molecule is C=C1C[C@]2(C)CC[C@@H](C)[C@@H](C)[C@]2(C)C1=C. The fourth-order valence-electron chi connectivity index (χ4n) is 4.03. The molecule has 2 saturated carbocycles. The molecule has 0 heteroatoms. The molecule has 84 valence electrons. The Morgan fingerprint density at radius 3 is 2.40 bits per heavy atom. The molecule has 4 atom stereocenters. The van der Waals surface area contributed by atoms with Gasteiger partial charge in [0.05, 0.1) is 0 Å². The largest absolute Gasteiger partial charge is 0.0955 e. The first-order valence-corrected chi connectivity index (χ1v) is 6.20. The molecule has 0 amide bonds. The van der Waals surface area contributed by atoms with Gasteiger partial charge in [-0.3, -0.25) is 0 Å². The van der Waals surface area contributed by atoms with Gasteiger partial charge in [0.25, 0.3) is 0 Å². The summed E-state index contributed by atoms with van der Waals surface area (Å²) < 4.78 is 0. The fourth-order valence-corrected chi connectivity index (χ4v) is 4.03. The molecule has 0 unspecified atom stereocenters. The van der Waals surface area contributed by atoms with Crippen molar-refractivity contribution in [2.24, 2.45) is 22.7 Å². The van der Waals surface area contributed by atoms with Gasteiger partial charge in [0.15, 0.2) is 0 Å². The summed E-state index contributed by atoms with van der Waals surface area (Å²) in [5.41, 5.74) is 3.36. The lowest BCUT2D eigenvalue weighted by Gasteiger charge is -2.52. The second-order valence-electron chi connectivity index (χ2n) is 6.33. The first-order chi connectivity index (χ1) is 6.83. The summed E-state index contributed by atoms with van der Waals surface area (Å²) >= 11 is 0. The summed E-state index contributed by atoms with van der Waals surface area (Å²) in [4.78, 5) is 0. The highest BCUT2D eigenvalue weighted by Gasteiger charge is 2.57. The second kappa shape index (κ2) is 2.99. The van der Waals surface area contributed by atoms with Gasteiger partial charge in [-0.05, 0) is 42.1 Å². The van der Waals surface area contributed by atoms with Crippen molar-refractivity contribution in [1.82, 2.24) is 0 Å². The highest BCUT2D eigenvalue weighted by molar-refractivity contribution is 5.42. The highest BCUT2D eigenvalue weighted by Crippen LogP contribution is 2.67. The lowest BCUT2D eigenvalue weighted by atomic mass is 9.52. The van der Waals surface area contributed by atoms with Crippen LogP contribution in [0.2, 0.25) is 0 Å². The van der Waals surface area contributed by atoms with Gasteiger partial charge < -0.3 is 0 Å². The third-order valence-electron chi connectivity index (χ3n) is 5.83. The van der Waals surface area contributed by atoms with Crippen molar-refractivity contribution in [3.63, 3.8) is 0 Å². The molecule has 0 aromatic heterocycles. The molecule has 2 aliphatic rings. The van der Waals surface area contributed by atoms with E-state index >= 15 is 0 Å². The smallest absolute Gasteiger partial charge is 0.000642 e. The lowest BCUT2D eigenvalue weighted by Crippen LogP contribution is -2.45. The Labute approximate surface area is 94.5 Å². The van der Waals surface area contributed by atoms with Gasteiger partial charge in [0.2, 0.25) is 0 Å². The van der Waals surface area contributed by atoms with E-state index in [2.05, 4.69) is 40.9 Å². The van der Waals surface area contributed by atoms with Crippen LogP contribution in [0.25, 0.3) is 0 Å². The molecular weight excluding hydrogens is 180 g/mol. The molecule has 2 aliphatic carbocycles. The van der Waals surface area contributed by atoms with Crippen LogP contribution in [0.15, 0.2) is 24.3 Å². The quantitative estimate of drug-likeness (QED) is 0.542. The molecule has 0 aromatic carbocycles. The minimum absolute atomic E-state index is 0.293. The van der Waals surface area contributed by atoms with E-state index in [0.717, 1.165) is 11.8 Å². The van der Waals surface area contributed by atoms with Gasteiger partial charge in [-0.15, -0.1) is 0 Å². The average molecular weight is 204 g/mol. The van der Waals surface area contributed by atoms with Crippen LogP contribution in [0.5, 0.6) is 0 Å². The van der Waals surface area contributed by atoms with Gasteiger partial charge in [-0.1, -0.05) is 46.4 Å². The molecule has 0 bridgehead atoms. The van der Waals surface area contributed by atoms with Crippen LogP contribution >= 0.6 is 0 Å². The van der Waals surface area contributed by atoms with Gasteiger partial charge >= 0.3 is 0 Å². The molecule has 0 aliphatic heterocycles. The Morgan fingerprint density at radius 2 is 1.80 bits per heavy atom. The Balaban J connectivity index is 2.50. The summed E-state index contributed by atoms with van der Waals surface area (Å²) in [6.07, 6.45) is 3.88. The van der Waals surface area contributed by atoms with Crippen molar-refractivity contribution < 1.29 is 0 Å². The normalized spacial score (nSPS) is 50.7. The summed E-state index contributed by atoms with van der Waals surface area (Å²) in [6.45, 7) is 18.2. The Bertz CT molecular complexity index is 325. The highest BCUT2D eigenvalue weighted by atomic mass is 14.6. The van der Waals surface area contributed by atoms with Crippen LogP contribution < -0.4 is 0 Å². The molecule has 0 N–H and O–H groups in total. The van der Waals surface area contributed by atoms with E-state index in [4.69, 9.17) is 0 Å². The topological polar surface area (TPSA) is 0 Å². The van der Waals surface area contributed by atoms with Gasteiger partial charge in [0.1, 0.15) is 0 Å². The van der Waals surface area contributed by atoms with E-state index in [-0.39, 0.29) is 0 Å². The molecule has 0 nitrogen and oxygen atoms in total. The minimum atomic E-state index is 0.293. The molecule has 15 heavy (non-hydrogen) atoms. The van der Waals surface area contributed by atoms with E-state index < -0.39 is 0 Å². The summed E-state index contributed by atoms with van der Waals surface area (Å²) in [6, 6.07) is 0. The van der Waals surface area contributed by atoms with Crippen molar-refractivity contribution in [3.8, 4) is 0 Å². The van der Waals surface area contributed by atoms with Crippen LogP contribution in [0, 0.1) is 22.7 Å². The van der Waals surface area contributed by atoms with Gasteiger partial charge in [-0.25, -0.2) is 0 Å². The average Bonchev–Trinajstić information content (AvgIpc) is 2.36. The number of rotatable bonds is 0. The van der Waals surface area contributed by atoms with Gasteiger partial charge in [-0.2, -0.15) is 0 Å². The molecule has 0 saturated heterocycles. The number of allylic oxidation sites excluding steroid dienone is 2. The van der Waals surface area contributed by atoms with E-state index in [1.807, 2.05) is 0 Å². The Hall–Kier alpha value is -0.520. The first kappa shape index (κ1) is 11.0. The lowest BCUT2D eigenvalue weighted by molar-refractivity contribution is -0.00709. The van der Waals surface area contributed by atoms with Crippen molar-refractivity contribution >= 4 is 0 Å². The summed E-state index contributed by atoms with van der Waals surface area (Å²) in [5.74, 6) is 1.56. The molecular formula is C15H24. The van der Waals surface area contributed by atoms with E-state index in [1.54, 1.807) is 0 Å². The molecule has 2 rings (SSSR count). The van der Waals surface area contributed by atoms with Crippen LogP contribution in [0.4, 0.5) is 0 Å². The fraction of sp³-hybridized carbons (Fsp3) is 0.733. The maximum atomic E-state index is 4.32. The minimum Gasteiger partial charge on any atom is -0.0955 e. The predicted molar refractivity (Wildman–Crippen MR) is 66.7 cm³/mol. The van der Waals surface area contributed by atoms with Crippen molar-refractivity contribution in [2.75, 3.05) is 0 Å². The molecule has 0 spiro atoms. The predicted octanol–water partition coefficient (Wildman–Crippen LogP) is 4.58. The van der Waals surface area contributed by atoms with E-state index in [0.29, 0.717) is 10.8 Å². The third kappa shape index (κ3) is 1.14. The monoisotopic (exact) mass is 204 g/mol. The molecule has 0 radical (unpaired) electrons. The number of hydrogen-bond acceptors (Lipinski definition) is 0. The molecule has 0 aromatic rings. The number of hydrogen-bond donors (Lipinski definition) is 0. The standard InChI is InChI=1S/C15H24/c1-10-7-8-14(5)9-11(2)13(4)15(14,6)12(10)3/h10,12H,2,4,7-9H2,1,3,5-6H3/t10-,12-,14+,15-/m1/s1. The second-order valence-corrected chi connectivity index (χ2v) is 6.33. The zero-order valence-corrected chi connectivity index (χ0v) is 10.7. The van der Waals surface area contributed by atoms with Crippen LogP contribution in [0.3, 0.4) is 0 Å². The molecule has 2 fully saturated rings. The Morgan fingerprint density at radius 1 is 1.20 bits per heavy atom. The first-order valence-electron chi connectivity index (χ1n) is 6.20. The number of fused-ring (bicyclic) bond motifs is 1. The third-order valence-corrected chi connectivity index (χ3v) is 5.83.